The third-order valence-electron chi connectivity index (χ3n) is 1.76. The first-order valence-electron chi connectivity index (χ1n) is 4.87. The van der Waals surface area contributed by atoms with Crippen LogP contribution in [0.1, 0.15) is 13.3 Å². The zero-order valence-corrected chi connectivity index (χ0v) is 9.38. The van der Waals surface area contributed by atoms with Crippen molar-refractivity contribution in [1.29, 1.82) is 0 Å². The van der Waals surface area contributed by atoms with Gasteiger partial charge in [-0.2, -0.15) is 0 Å². The van der Waals surface area contributed by atoms with E-state index in [-0.39, 0.29) is 12.5 Å². The molecule has 1 rings (SSSR count). The van der Waals surface area contributed by atoms with E-state index in [1.54, 1.807) is 24.3 Å². The topological polar surface area (TPSA) is 38.3 Å². The highest BCUT2D eigenvalue weighted by Gasteiger charge is 2.00. The molecule has 0 radical (unpaired) electrons. The maximum Gasteiger partial charge on any atom is 0.257 e. The smallest absolute Gasteiger partial charge is 0.257 e. The molecule has 0 fully saturated rings. The fourth-order valence-electron chi connectivity index (χ4n) is 0.995. The first-order chi connectivity index (χ1) is 7.22. The Morgan fingerprint density at radius 3 is 2.67 bits per heavy atom. The predicted molar refractivity (Wildman–Crippen MR) is 60.2 cm³/mol. The van der Waals surface area contributed by atoms with Crippen molar-refractivity contribution >= 4 is 17.5 Å². The van der Waals surface area contributed by atoms with Gasteiger partial charge < -0.3 is 10.1 Å². The van der Waals surface area contributed by atoms with Crippen LogP contribution in [0.5, 0.6) is 5.75 Å². The van der Waals surface area contributed by atoms with Crippen LogP contribution in [0.3, 0.4) is 0 Å². The molecule has 0 bridgehead atoms. The number of benzene rings is 1. The molecular formula is C11H14ClNO2. The lowest BCUT2D eigenvalue weighted by Crippen LogP contribution is -2.29. The molecule has 82 valence electrons. The zero-order chi connectivity index (χ0) is 11.1. The van der Waals surface area contributed by atoms with E-state index < -0.39 is 0 Å². The van der Waals surface area contributed by atoms with Crippen molar-refractivity contribution in [2.24, 2.45) is 0 Å². The summed E-state index contributed by atoms with van der Waals surface area (Å²) in [5.41, 5.74) is 0. The molecule has 4 heteroatoms. The number of hydrogen-bond donors (Lipinski definition) is 1. The van der Waals surface area contributed by atoms with Crippen molar-refractivity contribution in [3.63, 3.8) is 0 Å². The third kappa shape index (κ3) is 4.70. The van der Waals surface area contributed by atoms with Gasteiger partial charge >= 0.3 is 0 Å². The number of carbonyl (C=O) groups is 1. The maximum absolute atomic E-state index is 11.2. The first-order valence-corrected chi connectivity index (χ1v) is 5.25. The van der Waals surface area contributed by atoms with E-state index >= 15 is 0 Å². The quantitative estimate of drug-likeness (QED) is 0.838. The van der Waals surface area contributed by atoms with E-state index in [0.29, 0.717) is 17.3 Å². The van der Waals surface area contributed by atoms with E-state index in [0.717, 1.165) is 6.42 Å². The van der Waals surface area contributed by atoms with Crippen molar-refractivity contribution in [2.45, 2.75) is 13.3 Å². The summed E-state index contributed by atoms with van der Waals surface area (Å²) in [5, 5.41) is 3.37. The number of amides is 1. The van der Waals surface area contributed by atoms with Gasteiger partial charge in [0.2, 0.25) is 0 Å². The second-order valence-corrected chi connectivity index (χ2v) is 3.53. The van der Waals surface area contributed by atoms with Crippen LogP contribution in [0.25, 0.3) is 0 Å². The summed E-state index contributed by atoms with van der Waals surface area (Å²) >= 11 is 5.71. The minimum absolute atomic E-state index is 0.0433. The Labute approximate surface area is 94.4 Å². The largest absolute Gasteiger partial charge is 0.484 e. The fraction of sp³-hybridized carbons (Fsp3) is 0.364. The molecule has 0 aliphatic rings. The molecule has 3 nitrogen and oxygen atoms in total. The van der Waals surface area contributed by atoms with Crippen LogP contribution in [0.15, 0.2) is 24.3 Å². The Bertz CT molecular complexity index is 311. The Balaban J connectivity index is 2.30. The highest BCUT2D eigenvalue weighted by atomic mass is 35.5. The summed E-state index contributed by atoms with van der Waals surface area (Å²) < 4.78 is 5.25. The number of ether oxygens (including phenoxy) is 1. The molecule has 0 aromatic heterocycles. The van der Waals surface area contributed by atoms with Crippen LogP contribution in [-0.4, -0.2) is 19.1 Å². The van der Waals surface area contributed by atoms with Crippen molar-refractivity contribution in [3.8, 4) is 5.75 Å². The van der Waals surface area contributed by atoms with Gasteiger partial charge in [-0.3, -0.25) is 4.79 Å². The van der Waals surface area contributed by atoms with Gasteiger partial charge in [0.15, 0.2) is 6.61 Å². The Morgan fingerprint density at radius 1 is 1.40 bits per heavy atom. The van der Waals surface area contributed by atoms with Crippen molar-refractivity contribution in [2.75, 3.05) is 13.2 Å². The Hall–Kier alpha value is -1.22. The molecule has 1 amide bonds. The number of hydrogen-bond acceptors (Lipinski definition) is 2. The van der Waals surface area contributed by atoms with Crippen LogP contribution in [0.4, 0.5) is 0 Å². The minimum atomic E-state index is -0.105. The SMILES string of the molecule is CCCNC(=O)COc1ccc(Cl)cc1. The molecule has 15 heavy (non-hydrogen) atoms. The zero-order valence-electron chi connectivity index (χ0n) is 8.63. The molecule has 0 heterocycles. The number of nitrogens with one attached hydrogen (secondary N) is 1. The second-order valence-electron chi connectivity index (χ2n) is 3.09. The molecule has 0 saturated heterocycles. The van der Waals surface area contributed by atoms with Gasteiger partial charge in [0, 0.05) is 11.6 Å². The van der Waals surface area contributed by atoms with Crippen LogP contribution in [0, 0.1) is 0 Å². The van der Waals surface area contributed by atoms with E-state index in [2.05, 4.69) is 5.32 Å². The molecule has 0 aliphatic carbocycles. The second kappa shape index (κ2) is 6.30. The first kappa shape index (κ1) is 11.9. The van der Waals surface area contributed by atoms with E-state index in [9.17, 15) is 4.79 Å². The molecule has 1 N–H and O–H groups in total. The molecule has 0 saturated carbocycles. The molecule has 1 aromatic carbocycles. The fourth-order valence-corrected chi connectivity index (χ4v) is 1.12. The lowest BCUT2D eigenvalue weighted by Gasteiger charge is -2.06. The van der Waals surface area contributed by atoms with Gasteiger partial charge in [0.1, 0.15) is 5.75 Å². The summed E-state index contributed by atoms with van der Waals surface area (Å²) in [6, 6.07) is 6.91. The summed E-state index contributed by atoms with van der Waals surface area (Å²) in [4.78, 5) is 11.2. The van der Waals surface area contributed by atoms with Crippen LogP contribution >= 0.6 is 11.6 Å². The molecule has 0 spiro atoms. The lowest BCUT2D eigenvalue weighted by molar-refractivity contribution is -0.123. The standard InChI is InChI=1S/C11H14ClNO2/c1-2-7-13-11(14)8-15-10-5-3-9(12)4-6-10/h3-6H,2,7-8H2,1H3,(H,13,14). The molecule has 1 aromatic rings. The summed E-state index contributed by atoms with van der Waals surface area (Å²) in [7, 11) is 0. The van der Waals surface area contributed by atoms with Crippen LogP contribution in [0.2, 0.25) is 5.02 Å². The average molecular weight is 228 g/mol. The highest BCUT2D eigenvalue weighted by molar-refractivity contribution is 6.30. The van der Waals surface area contributed by atoms with Crippen molar-refractivity contribution < 1.29 is 9.53 Å². The van der Waals surface area contributed by atoms with E-state index in [1.165, 1.54) is 0 Å². The van der Waals surface area contributed by atoms with Gasteiger partial charge in [-0.25, -0.2) is 0 Å². The maximum atomic E-state index is 11.2. The summed E-state index contributed by atoms with van der Waals surface area (Å²) in [5.74, 6) is 0.540. The monoisotopic (exact) mass is 227 g/mol. The highest BCUT2D eigenvalue weighted by Crippen LogP contribution is 2.15. The molecular weight excluding hydrogens is 214 g/mol. The van der Waals surface area contributed by atoms with Crippen LogP contribution in [-0.2, 0) is 4.79 Å². The predicted octanol–water partition coefficient (Wildman–Crippen LogP) is 2.25. The van der Waals surface area contributed by atoms with Crippen molar-refractivity contribution in [3.05, 3.63) is 29.3 Å². The molecule has 0 unspecified atom stereocenters. The number of rotatable bonds is 5. The Kier molecular flexibility index (Phi) is 4.98. The van der Waals surface area contributed by atoms with Gasteiger partial charge in [-0.1, -0.05) is 18.5 Å². The van der Waals surface area contributed by atoms with Crippen LogP contribution < -0.4 is 10.1 Å². The van der Waals surface area contributed by atoms with Crippen molar-refractivity contribution in [1.82, 2.24) is 5.32 Å². The normalized spacial score (nSPS) is 9.73. The third-order valence-corrected chi connectivity index (χ3v) is 2.01. The number of carbonyl (C=O) groups excluding carboxylic acids is 1. The molecule has 0 aliphatic heterocycles. The number of halogens is 1. The summed E-state index contributed by atoms with van der Waals surface area (Å²) in [6.07, 6.45) is 0.923. The lowest BCUT2D eigenvalue weighted by atomic mass is 10.3. The van der Waals surface area contributed by atoms with E-state index in [4.69, 9.17) is 16.3 Å². The minimum Gasteiger partial charge on any atom is -0.484 e. The molecule has 0 atom stereocenters. The van der Waals surface area contributed by atoms with Gasteiger partial charge in [0.25, 0.3) is 5.91 Å². The summed E-state index contributed by atoms with van der Waals surface area (Å²) in [6.45, 7) is 2.73. The van der Waals surface area contributed by atoms with Gasteiger partial charge in [-0.05, 0) is 30.7 Å². The van der Waals surface area contributed by atoms with Gasteiger partial charge in [0.05, 0.1) is 0 Å². The van der Waals surface area contributed by atoms with Gasteiger partial charge in [-0.15, -0.1) is 0 Å². The average Bonchev–Trinajstić information content (AvgIpc) is 2.25. The Morgan fingerprint density at radius 2 is 2.07 bits per heavy atom. The van der Waals surface area contributed by atoms with E-state index in [1.807, 2.05) is 6.92 Å².